The van der Waals surface area contributed by atoms with Gasteiger partial charge in [0.1, 0.15) is 0 Å². The summed E-state index contributed by atoms with van der Waals surface area (Å²) >= 11 is 0. The van der Waals surface area contributed by atoms with Crippen molar-refractivity contribution in [2.24, 2.45) is 13.0 Å². The van der Waals surface area contributed by atoms with Gasteiger partial charge in [0.25, 0.3) is 0 Å². The molecular formula is C31H31N3O5. The molecule has 0 radical (unpaired) electrons. The van der Waals surface area contributed by atoms with Crippen LogP contribution in [0.25, 0.3) is 27.6 Å². The summed E-state index contributed by atoms with van der Waals surface area (Å²) < 4.78 is 9.36. The fourth-order valence-corrected chi connectivity index (χ4v) is 6.10. The number of aromatic nitrogens is 2. The highest BCUT2D eigenvalue weighted by Crippen LogP contribution is 2.44. The molecule has 0 bridgehead atoms. The lowest BCUT2D eigenvalue weighted by Crippen LogP contribution is -2.37. The van der Waals surface area contributed by atoms with E-state index in [1.165, 1.54) is 5.06 Å². The van der Waals surface area contributed by atoms with Crippen LogP contribution in [0.5, 0.6) is 0 Å². The van der Waals surface area contributed by atoms with E-state index in [-0.39, 0.29) is 5.92 Å². The van der Waals surface area contributed by atoms with Gasteiger partial charge in [0.05, 0.1) is 28.8 Å². The third-order valence-corrected chi connectivity index (χ3v) is 7.55. The van der Waals surface area contributed by atoms with Crippen molar-refractivity contribution in [3.05, 3.63) is 77.2 Å². The van der Waals surface area contributed by atoms with E-state index < -0.39 is 17.5 Å². The summed E-state index contributed by atoms with van der Waals surface area (Å²) in [5.74, 6) is -1.14. The van der Waals surface area contributed by atoms with Crippen molar-refractivity contribution in [1.29, 1.82) is 0 Å². The molecule has 1 amide bonds. The normalized spacial score (nSPS) is 17.7. The Morgan fingerprint density at radius 2 is 1.77 bits per heavy atom. The number of pyridine rings is 1. The predicted molar refractivity (Wildman–Crippen MR) is 147 cm³/mol. The van der Waals surface area contributed by atoms with Gasteiger partial charge in [-0.05, 0) is 69.7 Å². The number of nitrogens with zero attached hydrogens (tertiary/aromatic N) is 3. The van der Waals surface area contributed by atoms with E-state index in [1.54, 1.807) is 0 Å². The van der Waals surface area contributed by atoms with Gasteiger partial charge in [-0.1, -0.05) is 24.3 Å². The molecule has 39 heavy (non-hydrogen) atoms. The molecule has 0 saturated heterocycles. The van der Waals surface area contributed by atoms with Crippen molar-refractivity contribution in [2.45, 2.75) is 45.6 Å². The maximum absolute atomic E-state index is 13.4. The molecule has 0 N–H and O–H groups in total. The van der Waals surface area contributed by atoms with Crippen LogP contribution in [-0.2, 0) is 43.8 Å². The zero-order chi connectivity index (χ0) is 27.5. The molecule has 4 aromatic rings. The molecule has 4 heterocycles. The maximum Gasteiger partial charge on any atom is 0.347 e. The molecule has 2 aliphatic rings. The number of para-hydroxylation sites is 1. The molecule has 0 fully saturated rings. The zero-order valence-electron chi connectivity index (χ0n) is 22.6. The molecule has 1 aliphatic heterocycles. The Morgan fingerprint density at radius 1 is 1.05 bits per heavy atom. The molecule has 1 aromatic carbocycles. The third kappa shape index (κ3) is 4.25. The number of hydrogen-bond acceptors (Lipinski definition) is 5. The highest BCUT2D eigenvalue weighted by atomic mass is 16.7. The standard InChI is InChI=1S/C31H31N3O5/c1-31(2,3)39-33(18-35)16-19-12-13-24-21(15-19)26(25-11-7-8-14-34(24)25)28-27(29(36)38-30(28)37)22-17-32(4)23-10-6-5-9-20(22)23/h5-11,14,17-19H,12-13,15-16H2,1-4H3. The largest absolute Gasteiger partial charge is 0.386 e. The van der Waals surface area contributed by atoms with Crippen LogP contribution >= 0.6 is 0 Å². The van der Waals surface area contributed by atoms with Crippen LogP contribution in [0.4, 0.5) is 0 Å². The highest BCUT2D eigenvalue weighted by Gasteiger charge is 2.40. The first-order chi connectivity index (χ1) is 18.7. The Morgan fingerprint density at radius 3 is 2.54 bits per heavy atom. The number of rotatable bonds is 6. The van der Waals surface area contributed by atoms with E-state index in [4.69, 9.17) is 9.57 Å². The van der Waals surface area contributed by atoms with Gasteiger partial charge >= 0.3 is 11.9 Å². The topological polar surface area (TPSA) is 82.2 Å². The molecule has 3 aromatic heterocycles. The molecule has 0 spiro atoms. The predicted octanol–water partition coefficient (Wildman–Crippen LogP) is 4.72. The fourth-order valence-electron chi connectivity index (χ4n) is 6.10. The minimum absolute atomic E-state index is 0.121. The smallest absolute Gasteiger partial charge is 0.347 e. The molecule has 6 rings (SSSR count). The third-order valence-electron chi connectivity index (χ3n) is 7.55. The molecule has 200 valence electrons. The zero-order valence-corrected chi connectivity index (χ0v) is 22.6. The van der Waals surface area contributed by atoms with E-state index in [0.29, 0.717) is 29.7 Å². The summed E-state index contributed by atoms with van der Waals surface area (Å²) in [7, 11) is 1.92. The second-order valence-electron chi connectivity index (χ2n) is 11.4. The number of ether oxygens (including phenoxy) is 1. The lowest BCUT2D eigenvalue weighted by atomic mass is 9.83. The Balaban J connectivity index is 1.52. The number of carbonyl (C=O) groups excluding carboxylic acids is 3. The summed E-state index contributed by atoms with van der Waals surface area (Å²) in [6, 6.07) is 13.7. The number of hydrogen-bond donors (Lipinski definition) is 0. The van der Waals surface area contributed by atoms with E-state index >= 15 is 0 Å². The van der Waals surface area contributed by atoms with Gasteiger partial charge in [-0.2, -0.15) is 0 Å². The van der Waals surface area contributed by atoms with Gasteiger partial charge in [0.15, 0.2) is 0 Å². The molecular weight excluding hydrogens is 494 g/mol. The first kappa shape index (κ1) is 25.1. The number of carbonyl (C=O) groups is 3. The van der Waals surface area contributed by atoms with Crippen LogP contribution in [0.2, 0.25) is 0 Å². The second kappa shape index (κ2) is 9.24. The van der Waals surface area contributed by atoms with Gasteiger partial charge in [-0.25, -0.2) is 14.7 Å². The molecule has 0 saturated carbocycles. The molecule has 1 aliphatic carbocycles. The van der Waals surface area contributed by atoms with E-state index in [2.05, 4.69) is 4.40 Å². The lowest BCUT2D eigenvalue weighted by Gasteiger charge is -2.31. The number of fused-ring (bicyclic) bond motifs is 4. The van der Waals surface area contributed by atoms with Crippen LogP contribution in [0, 0.1) is 5.92 Å². The van der Waals surface area contributed by atoms with Crippen LogP contribution in [-0.4, -0.2) is 44.5 Å². The van der Waals surface area contributed by atoms with E-state index in [1.807, 2.05) is 87.2 Å². The van der Waals surface area contributed by atoms with E-state index in [0.717, 1.165) is 52.5 Å². The lowest BCUT2D eigenvalue weighted by molar-refractivity contribution is -0.220. The van der Waals surface area contributed by atoms with E-state index in [9.17, 15) is 14.4 Å². The second-order valence-corrected chi connectivity index (χ2v) is 11.4. The van der Waals surface area contributed by atoms with Gasteiger partial charge in [0.2, 0.25) is 6.41 Å². The maximum atomic E-state index is 13.4. The minimum Gasteiger partial charge on any atom is -0.386 e. The summed E-state index contributed by atoms with van der Waals surface area (Å²) in [5.41, 5.74) is 5.47. The number of esters is 2. The average Bonchev–Trinajstić information content (AvgIpc) is 3.50. The molecule has 8 heteroatoms. The monoisotopic (exact) mass is 525 g/mol. The fraction of sp³-hybridized carbons (Fsp3) is 0.323. The summed E-state index contributed by atoms with van der Waals surface area (Å²) in [5, 5.41) is 2.26. The van der Waals surface area contributed by atoms with Crippen LogP contribution in [0.3, 0.4) is 0 Å². The van der Waals surface area contributed by atoms with Crippen LogP contribution in [0.1, 0.15) is 49.6 Å². The quantitative estimate of drug-likeness (QED) is 0.158. The van der Waals surface area contributed by atoms with Gasteiger partial charge < -0.3 is 13.7 Å². The minimum atomic E-state index is -0.631. The average molecular weight is 526 g/mol. The van der Waals surface area contributed by atoms with Crippen LogP contribution in [0.15, 0.2) is 54.9 Å². The Bertz CT molecular complexity index is 1680. The SMILES string of the molecule is Cn1cc(C2=C(c3c4c(n5ccccc35)CCC(CN(C=O)OC(C)(C)C)C4)C(=O)OC2=O)c2ccccc21. The van der Waals surface area contributed by atoms with Crippen molar-refractivity contribution in [1.82, 2.24) is 14.0 Å². The number of amides is 1. The first-order valence-corrected chi connectivity index (χ1v) is 13.2. The Labute approximate surface area is 226 Å². The van der Waals surface area contributed by atoms with Gasteiger partial charge in [0, 0.05) is 47.2 Å². The number of cyclic esters (lactones) is 2. The van der Waals surface area contributed by atoms with Crippen LogP contribution < -0.4 is 0 Å². The summed E-state index contributed by atoms with van der Waals surface area (Å²) in [4.78, 5) is 44.3. The molecule has 1 atom stereocenters. The number of benzene rings is 1. The summed E-state index contributed by atoms with van der Waals surface area (Å²) in [6.45, 7) is 6.16. The van der Waals surface area contributed by atoms with Gasteiger partial charge in [-0.3, -0.25) is 9.63 Å². The Kier molecular flexibility index (Phi) is 5.95. The van der Waals surface area contributed by atoms with Crippen molar-refractivity contribution in [3.8, 4) is 0 Å². The first-order valence-electron chi connectivity index (χ1n) is 13.2. The van der Waals surface area contributed by atoms with Crippen molar-refractivity contribution < 1.29 is 24.0 Å². The van der Waals surface area contributed by atoms with Crippen molar-refractivity contribution >= 4 is 45.9 Å². The van der Waals surface area contributed by atoms with Crippen molar-refractivity contribution in [2.75, 3.05) is 6.54 Å². The molecule has 8 nitrogen and oxygen atoms in total. The number of aryl methyl sites for hydroxylation is 2. The Hall–Kier alpha value is -4.17. The summed E-state index contributed by atoms with van der Waals surface area (Å²) in [6.07, 6.45) is 6.89. The number of hydroxylamine groups is 2. The van der Waals surface area contributed by atoms with Gasteiger partial charge in [-0.15, -0.1) is 0 Å². The molecule has 1 unspecified atom stereocenters. The van der Waals surface area contributed by atoms with Crippen molar-refractivity contribution in [3.63, 3.8) is 0 Å². The highest BCUT2D eigenvalue weighted by molar-refractivity contribution is 6.46.